The summed E-state index contributed by atoms with van der Waals surface area (Å²) in [5, 5.41) is 7.52. The van der Waals surface area contributed by atoms with E-state index in [1.807, 2.05) is 29.2 Å². The van der Waals surface area contributed by atoms with Gasteiger partial charge in [0.2, 0.25) is 5.91 Å². The second kappa shape index (κ2) is 14.1. The van der Waals surface area contributed by atoms with Crippen LogP contribution in [0.3, 0.4) is 0 Å². The van der Waals surface area contributed by atoms with Gasteiger partial charge in [0.25, 0.3) is 5.91 Å². The number of nitrogens with zero attached hydrogens (tertiary/aromatic N) is 2. The van der Waals surface area contributed by atoms with E-state index >= 15 is 0 Å². The van der Waals surface area contributed by atoms with Crippen LogP contribution in [0.15, 0.2) is 42.5 Å². The van der Waals surface area contributed by atoms with Gasteiger partial charge in [0.05, 0.1) is 6.61 Å². The number of anilines is 1. The molecule has 0 bridgehead atoms. The molecule has 1 saturated carbocycles. The Bertz CT molecular complexity index is 1180. The van der Waals surface area contributed by atoms with Crippen molar-refractivity contribution in [3.05, 3.63) is 64.7 Å². The third-order valence-electron chi connectivity index (χ3n) is 7.52. The number of aryl methyl sites for hydroxylation is 2. The molecule has 2 aromatic carbocycles. The molecule has 8 nitrogen and oxygen atoms in total. The maximum absolute atomic E-state index is 13.6. The Balaban J connectivity index is 0.00000420. The molecule has 2 amide bonds. The highest BCUT2D eigenvalue weighted by molar-refractivity contribution is 5.99. The van der Waals surface area contributed by atoms with Gasteiger partial charge in [-0.05, 0) is 68.4 Å². The monoisotopic (exact) mass is 554 g/mol. The van der Waals surface area contributed by atoms with Crippen molar-refractivity contribution in [2.45, 2.75) is 70.8 Å². The van der Waals surface area contributed by atoms with Gasteiger partial charge in [-0.15, -0.1) is 12.4 Å². The Morgan fingerprint density at radius 1 is 1.03 bits per heavy atom. The highest BCUT2D eigenvalue weighted by Gasteiger charge is 2.30. The number of nitrogens with one attached hydrogen (secondary N) is 1. The van der Waals surface area contributed by atoms with Crippen LogP contribution in [0.25, 0.3) is 0 Å². The lowest BCUT2D eigenvalue weighted by Crippen LogP contribution is -2.45. The fourth-order valence-electron chi connectivity index (χ4n) is 5.50. The van der Waals surface area contributed by atoms with E-state index in [4.69, 9.17) is 15.9 Å². The number of amides is 2. The molecule has 3 N–H and O–H groups in total. The third kappa shape index (κ3) is 7.60. The molecule has 210 valence electrons. The second-order valence-corrected chi connectivity index (χ2v) is 10.1. The summed E-state index contributed by atoms with van der Waals surface area (Å²) in [6.45, 7) is 2.68. The van der Waals surface area contributed by atoms with Crippen LogP contribution in [-0.2, 0) is 27.2 Å². The van der Waals surface area contributed by atoms with E-state index in [0.29, 0.717) is 30.5 Å². The number of esters is 1. The molecule has 0 spiro atoms. The number of nitrogen functional groups attached to an aromatic ring is 1. The SMILES string of the molecule is CCOC(=O)CN(C(=O)c1ccc2c(c1)CCCN2C(=O)CCc1ccc(C(=N)N)cc1)C1CCCCC1.Cl. The number of ether oxygens (including phenoxy) is 1. The molecule has 0 saturated heterocycles. The maximum atomic E-state index is 13.6. The van der Waals surface area contributed by atoms with E-state index in [0.717, 1.165) is 61.8 Å². The summed E-state index contributed by atoms with van der Waals surface area (Å²) >= 11 is 0. The molecular formula is C30H39ClN4O4. The first kappa shape index (κ1) is 30.2. The summed E-state index contributed by atoms with van der Waals surface area (Å²) in [7, 11) is 0. The summed E-state index contributed by atoms with van der Waals surface area (Å²) < 4.78 is 5.16. The number of hydrogen-bond donors (Lipinski definition) is 2. The number of hydrogen-bond acceptors (Lipinski definition) is 5. The highest BCUT2D eigenvalue weighted by Crippen LogP contribution is 2.30. The molecule has 2 aliphatic rings. The van der Waals surface area contributed by atoms with E-state index in [2.05, 4.69) is 0 Å². The molecule has 1 heterocycles. The Labute approximate surface area is 236 Å². The number of amidine groups is 1. The topological polar surface area (TPSA) is 117 Å². The molecule has 0 radical (unpaired) electrons. The quantitative estimate of drug-likeness (QED) is 0.266. The maximum Gasteiger partial charge on any atom is 0.325 e. The van der Waals surface area contributed by atoms with Gasteiger partial charge in [0, 0.05) is 35.8 Å². The second-order valence-electron chi connectivity index (χ2n) is 10.1. The first-order chi connectivity index (χ1) is 18.4. The van der Waals surface area contributed by atoms with Crippen LogP contribution in [0.1, 0.15) is 78.9 Å². The number of nitrogens with two attached hydrogens (primary N) is 1. The number of rotatable bonds is 9. The smallest absolute Gasteiger partial charge is 0.325 e. The minimum absolute atomic E-state index is 0. The van der Waals surface area contributed by atoms with Crippen molar-refractivity contribution in [1.29, 1.82) is 5.41 Å². The van der Waals surface area contributed by atoms with E-state index in [1.54, 1.807) is 30.0 Å². The fraction of sp³-hybridized carbons (Fsp3) is 0.467. The van der Waals surface area contributed by atoms with Gasteiger partial charge in [0.15, 0.2) is 0 Å². The van der Waals surface area contributed by atoms with Crippen LogP contribution in [0.2, 0.25) is 0 Å². The molecule has 2 aromatic rings. The first-order valence-electron chi connectivity index (χ1n) is 13.7. The summed E-state index contributed by atoms with van der Waals surface area (Å²) in [4.78, 5) is 42.6. The van der Waals surface area contributed by atoms with Crippen LogP contribution >= 0.6 is 12.4 Å². The molecule has 39 heavy (non-hydrogen) atoms. The molecule has 0 atom stereocenters. The zero-order chi connectivity index (χ0) is 27.1. The van der Waals surface area contributed by atoms with Gasteiger partial charge in [0.1, 0.15) is 12.4 Å². The van der Waals surface area contributed by atoms with Crippen molar-refractivity contribution in [2.75, 3.05) is 24.6 Å². The van der Waals surface area contributed by atoms with Crippen molar-refractivity contribution in [3.63, 3.8) is 0 Å². The third-order valence-corrected chi connectivity index (χ3v) is 7.52. The summed E-state index contributed by atoms with van der Waals surface area (Å²) in [5.74, 6) is -0.452. The molecule has 1 aliphatic carbocycles. The molecule has 0 aromatic heterocycles. The highest BCUT2D eigenvalue weighted by atomic mass is 35.5. The standard InChI is InChI=1S/C30H38N4O4.ClH/c1-2-38-28(36)20-34(25-8-4-3-5-9-25)30(37)24-15-16-26-23(19-24)7-6-18-33(26)27(35)17-12-21-10-13-22(14-11-21)29(31)32;/h10-11,13-16,19,25H,2-9,12,17-18,20H2,1H3,(H3,31,32);1H. The number of halogens is 1. The van der Waals surface area contributed by atoms with E-state index in [9.17, 15) is 14.4 Å². The Hall–Kier alpha value is -3.39. The Kier molecular flexibility index (Phi) is 10.9. The fourth-order valence-corrected chi connectivity index (χ4v) is 5.50. The van der Waals surface area contributed by atoms with Gasteiger partial charge in [-0.1, -0.05) is 43.5 Å². The van der Waals surface area contributed by atoms with Gasteiger partial charge in [-0.3, -0.25) is 19.8 Å². The first-order valence-corrected chi connectivity index (χ1v) is 13.7. The number of benzene rings is 2. The summed E-state index contributed by atoms with van der Waals surface area (Å²) in [6.07, 6.45) is 7.67. The molecule has 1 fully saturated rings. The Morgan fingerprint density at radius 2 is 1.72 bits per heavy atom. The van der Waals surface area contributed by atoms with Crippen molar-refractivity contribution in [1.82, 2.24) is 4.90 Å². The van der Waals surface area contributed by atoms with Crippen LogP contribution in [0, 0.1) is 5.41 Å². The average Bonchev–Trinajstić information content (AvgIpc) is 2.94. The minimum Gasteiger partial charge on any atom is -0.465 e. The van der Waals surface area contributed by atoms with Gasteiger partial charge >= 0.3 is 5.97 Å². The van der Waals surface area contributed by atoms with Crippen LogP contribution in [0.5, 0.6) is 0 Å². The summed E-state index contributed by atoms with van der Waals surface area (Å²) in [6, 6.07) is 13.0. The van der Waals surface area contributed by atoms with Crippen molar-refractivity contribution >= 4 is 41.7 Å². The van der Waals surface area contributed by atoms with Crippen molar-refractivity contribution in [3.8, 4) is 0 Å². The molecule has 9 heteroatoms. The van der Waals surface area contributed by atoms with E-state index in [-0.39, 0.29) is 55.2 Å². The lowest BCUT2D eigenvalue weighted by atomic mass is 9.93. The lowest BCUT2D eigenvalue weighted by Gasteiger charge is -2.34. The van der Waals surface area contributed by atoms with Crippen LogP contribution in [-0.4, -0.2) is 54.3 Å². The van der Waals surface area contributed by atoms with Gasteiger partial charge in [-0.25, -0.2) is 0 Å². The van der Waals surface area contributed by atoms with Crippen molar-refractivity contribution in [2.24, 2.45) is 5.73 Å². The summed E-state index contributed by atoms with van der Waals surface area (Å²) in [5.41, 5.74) is 9.61. The zero-order valence-electron chi connectivity index (χ0n) is 22.6. The molecule has 0 unspecified atom stereocenters. The zero-order valence-corrected chi connectivity index (χ0v) is 23.4. The molecule has 4 rings (SSSR count). The largest absolute Gasteiger partial charge is 0.465 e. The average molecular weight is 555 g/mol. The van der Waals surface area contributed by atoms with Crippen molar-refractivity contribution < 1.29 is 19.1 Å². The predicted octanol–water partition coefficient (Wildman–Crippen LogP) is 4.64. The lowest BCUT2D eigenvalue weighted by molar-refractivity contribution is -0.144. The molecule has 1 aliphatic heterocycles. The van der Waals surface area contributed by atoms with E-state index in [1.165, 1.54) is 0 Å². The predicted molar refractivity (Wildman–Crippen MR) is 155 cm³/mol. The van der Waals surface area contributed by atoms with Crippen LogP contribution < -0.4 is 10.6 Å². The van der Waals surface area contributed by atoms with E-state index < -0.39 is 0 Å². The number of carbonyl (C=O) groups is 3. The number of fused-ring (bicyclic) bond motifs is 1. The molecular weight excluding hydrogens is 516 g/mol. The number of carbonyl (C=O) groups excluding carboxylic acids is 3. The Morgan fingerprint density at radius 3 is 2.38 bits per heavy atom. The van der Waals surface area contributed by atoms with Gasteiger partial charge < -0.3 is 20.3 Å². The normalized spacial score (nSPS) is 15.1. The van der Waals surface area contributed by atoms with Gasteiger partial charge in [-0.2, -0.15) is 0 Å². The minimum atomic E-state index is -0.378. The van der Waals surface area contributed by atoms with Crippen LogP contribution in [0.4, 0.5) is 5.69 Å².